The molecule has 0 radical (unpaired) electrons. The van der Waals surface area contributed by atoms with Crippen molar-refractivity contribution >= 4 is 5.91 Å². The largest absolute Gasteiger partial charge is 0.493 e. The zero-order valence-corrected chi connectivity index (χ0v) is 18.8. The van der Waals surface area contributed by atoms with E-state index in [2.05, 4.69) is 16.1 Å². The van der Waals surface area contributed by atoms with Gasteiger partial charge in [0.1, 0.15) is 18.4 Å². The SMILES string of the molecule is COc1cc(C(=O)N2CCN(C(C#N)C(C)C)CC2)ccc1OCc1c(C)noc1C. The maximum Gasteiger partial charge on any atom is 0.254 e. The molecule has 0 spiro atoms. The number of ether oxygens (including phenoxy) is 2. The van der Waals surface area contributed by atoms with Crippen LogP contribution in [0.15, 0.2) is 22.7 Å². The zero-order valence-electron chi connectivity index (χ0n) is 18.8. The lowest BCUT2D eigenvalue weighted by molar-refractivity contribution is 0.0576. The van der Waals surface area contributed by atoms with Crippen LogP contribution < -0.4 is 9.47 Å². The quantitative estimate of drug-likeness (QED) is 0.671. The summed E-state index contributed by atoms with van der Waals surface area (Å²) >= 11 is 0. The van der Waals surface area contributed by atoms with Crippen LogP contribution in [0.3, 0.4) is 0 Å². The molecule has 2 aromatic rings. The average molecular weight is 427 g/mol. The van der Waals surface area contributed by atoms with Gasteiger partial charge < -0.3 is 18.9 Å². The second-order valence-corrected chi connectivity index (χ2v) is 8.10. The summed E-state index contributed by atoms with van der Waals surface area (Å²) in [6.07, 6.45) is 0. The number of methoxy groups -OCH3 is 1. The normalized spacial score (nSPS) is 15.6. The van der Waals surface area contributed by atoms with Gasteiger partial charge in [-0.25, -0.2) is 0 Å². The molecular formula is C23H30N4O4. The summed E-state index contributed by atoms with van der Waals surface area (Å²) in [5, 5.41) is 13.3. The van der Waals surface area contributed by atoms with Crippen molar-refractivity contribution in [1.29, 1.82) is 5.26 Å². The number of piperazine rings is 1. The lowest BCUT2D eigenvalue weighted by atomic mass is 10.0. The van der Waals surface area contributed by atoms with Gasteiger partial charge in [-0.05, 0) is 38.0 Å². The second kappa shape index (κ2) is 9.84. The van der Waals surface area contributed by atoms with Crippen molar-refractivity contribution in [2.75, 3.05) is 33.3 Å². The van der Waals surface area contributed by atoms with Gasteiger partial charge in [-0.1, -0.05) is 19.0 Å². The van der Waals surface area contributed by atoms with Crippen molar-refractivity contribution in [3.05, 3.63) is 40.8 Å². The number of hydrogen-bond donors (Lipinski definition) is 0. The Balaban J connectivity index is 1.65. The van der Waals surface area contributed by atoms with Crippen LogP contribution in [-0.4, -0.2) is 60.2 Å². The molecule has 0 N–H and O–H groups in total. The van der Waals surface area contributed by atoms with E-state index in [1.54, 1.807) is 25.3 Å². The Labute approximate surface area is 183 Å². The minimum atomic E-state index is -0.119. The number of nitriles is 1. The summed E-state index contributed by atoms with van der Waals surface area (Å²) in [6, 6.07) is 7.48. The van der Waals surface area contributed by atoms with E-state index < -0.39 is 0 Å². The Hall–Kier alpha value is -3.05. The third kappa shape index (κ3) is 5.00. The van der Waals surface area contributed by atoms with Crippen molar-refractivity contribution in [1.82, 2.24) is 15.0 Å². The van der Waals surface area contributed by atoms with Crippen LogP contribution in [0.25, 0.3) is 0 Å². The average Bonchev–Trinajstić information content (AvgIpc) is 3.09. The van der Waals surface area contributed by atoms with Crippen LogP contribution in [0.4, 0.5) is 0 Å². The zero-order chi connectivity index (χ0) is 22.5. The highest BCUT2D eigenvalue weighted by Gasteiger charge is 2.28. The van der Waals surface area contributed by atoms with E-state index in [1.807, 2.05) is 32.6 Å². The molecule has 1 aliphatic rings. The maximum atomic E-state index is 13.0. The minimum absolute atomic E-state index is 0.0479. The van der Waals surface area contributed by atoms with Crippen LogP contribution in [0.2, 0.25) is 0 Å². The highest BCUT2D eigenvalue weighted by molar-refractivity contribution is 5.95. The van der Waals surface area contributed by atoms with Crippen molar-refractivity contribution in [2.45, 2.75) is 40.3 Å². The Bertz CT molecular complexity index is 935. The molecule has 31 heavy (non-hydrogen) atoms. The summed E-state index contributed by atoms with van der Waals surface area (Å²) in [5.41, 5.74) is 2.24. The van der Waals surface area contributed by atoms with Crippen LogP contribution in [0, 0.1) is 31.1 Å². The summed E-state index contributed by atoms with van der Waals surface area (Å²) in [4.78, 5) is 17.0. The first-order valence-corrected chi connectivity index (χ1v) is 10.5. The number of carbonyl (C=O) groups is 1. The Morgan fingerprint density at radius 3 is 2.48 bits per heavy atom. The van der Waals surface area contributed by atoms with Gasteiger partial charge in [0.25, 0.3) is 5.91 Å². The first-order chi connectivity index (χ1) is 14.8. The molecular weight excluding hydrogens is 396 g/mol. The summed E-state index contributed by atoms with van der Waals surface area (Å²) in [6.45, 7) is 10.7. The fourth-order valence-electron chi connectivity index (χ4n) is 3.82. The van der Waals surface area contributed by atoms with E-state index in [-0.39, 0.29) is 17.9 Å². The maximum absolute atomic E-state index is 13.0. The van der Waals surface area contributed by atoms with Gasteiger partial charge in [-0.15, -0.1) is 0 Å². The van der Waals surface area contributed by atoms with Crippen LogP contribution in [0.5, 0.6) is 11.5 Å². The molecule has 1 aromatic carbocycles. The molecule has 1 aromatic heterocycles. The van der Waals surface area contributed by atoms with Gasteiger partial charge in [0.2, 0.25) is 0 Å². The number of nitrogens with zero attached hydrogens (tertiary/aromatic N) is 4. The fraction of sp³-hybridized carbons (Fsp3) is 0.522. The molecule has 1 saturated heterocycles. The monoisotopic (exact) mass is 426 g/mol. The molecule has 1 aliphatic heterocycles. The van der Waals surface area contributed by atoms with E-state index >= 15 is 0 Å². The number of rotatable bonds is 7. The molecule has 1 unspecified atom stereocenters. The van der Waals surface area contributed by atoms with E-state index in [9.17, 15) is 10.1 Å². The number of carbonyl (C=O) groups excluding carboxylic acids is 1. The van der Waals surface area contributed by atoms with Gasteiger partial charge in [0, 0.05) is 31.7 Å². The lowest BCUT2D eigenvalue weighted by Crippen LogP contribution is -2.52. The van der Waals surface area contributed by atoms with E-state index in [0.717, 1.165) is 17.0 Å². The Kier molecular flexibility index (Phi) is 7.18. The number of aryl methyl sites for hydroxylation is 2. The number of amides is 1. The summed E-state index contributed by atoms with van der Waals surface area (Å²) < 4.78 is 16.5. The van der Waals surface area contributed by atoms with Gasteiger partial charge in [0.15, 0.2) is 11.5 Å². The topological polar surface area (TPSA) is 91.8 Å². The van der Waals surface area contributed by atoms with E-state index in [1.165, 1.54) is 0 Å². The van der Waals surface area contributed by atoms with Gasteiger partial charge in [-0.2, -0.15) is 5.26 Å². The third-order valence-corrected chi connectivity index (χ3v) is 5.72. The fourth-order valence-corrected chi connectivity index (χ4v) is 3.82. The van der Waals surface area contributed by atoms with Gasteiger partial charge in [0.05, 0.1) is 24.4 Å². The molecule has 166 valence electrons. The van der Waals surface area contributed by atoms with Crippen molar-refractivity contribution in [2.24, 2.45) is 5.92 Å². The number of benzene rings is 1. The molecule has 8 nitrogen and oxygen atoms in total. The third-order valence-electron chi connectivity index (χ3n) is 5.72. The van der Waals surface area contributed by atoms with Crippen molar-refractivity contribution in [3.8, 4) is 17.6 Å². The van der Waals surface area contributed by atoms with Crippen LogP contribution in [-0.2, 0) is 6.61 Å². The minimum Gasteiger partial charge on any atom is -0.493 e. The van der Waals surface area contributed by atoms with Crippen molar-refractivity contribution in [3.63, 3.8) is 0 Å². The lowest BCUT2D eigenvalue weighted by Gasteiger charge is -2.38. The molecule has 1 amide bonds. The van der Waals surface area contributed by atoms with Gasteiger partial charge in [-0.3, -0.25) is 9.69 Å². The highest BCUT2D eigenvalue weighted by Crippen LogP contribution is 2.30. The molecule has 1 fully saturated rings. The molecule has 0 saturated carbocycles. The highest BCUT2D eigenvalue weighted by atomic mass is 16.5. The van der Waals surface area contributed by atoms with Crippen LogP contribution >= 0.6 is 0 Å². The predicted molar refractivity (Wildman–Crippen MR) is 115 cm³/mol. The smallest absolute Gasteiger partial charge is 0.254 e. The number of aromatic nitrogens is 1. The van der Waals surface area contributed by atoms with E-state index in [0.29, 0.717) is 49.8 Å². The second-order valence-electron chi connectivity index (χ2n) is 8.10. The molecule has 3 rings (SSSR count). The number of hydrogen-bond acceptors (Lipinski definition) is 7. The molecule has 1 atom stereocenters. The molecule has 2 heterocycles. The first kappa shape index (κ1) is 22.6. The summed E-state index contributed by atoms with van der Waals surface area (Å²) in [7, 11) is 1.55. The van der Waals surface area contributed by atoms with E-state index in [4.69, 9.17) is 14.0 Å². The summed E-state index contributed by atoms with van der Waals surface area (Å²) in [5.74, 6) is 1.99. The predicted octanol–water partition coefficient (Wildman–Crippen LogP) is 3.19. The molecule has 0 bridgehead atoms. The van der Waals surface area contributed by atoms with Crippen LogP contribution in [0.1, 0.15) is 41.2 Å². The van der Waals surface area contributed by atoms with Crippen molar-refractivity contribution < 1.29 is 18.8 Å². The first-order valence-electron chi connectivity index (χ1n) is 10.5. The van der Waals surface area contributed by atoms with Gasteiger partial charge >= 0.3 is 0 Å². The molecule has 0 aliphatic carbocycles. The Morgan fingerprint density at radius 1 is 1.23 bits per heavy atom. The standard InChI is InChI=1S/C23H30N4O4/c1-15(2)20(13-24)26-8-10-27(11-9-26)23(28)18-6-7-21(22(12-18)29-5)30-14-19-16(3)25-31-17(19)4/h6-7,12,15,20H,8-11,14H2,1-5H3. The Morgan fingerprint density at radius 2 is 1.94 bits per heavy atom. The molecule has 8 heteroatoms.